The van der Waals surface area contributed by atoms with Crippen molar-refractivity contribution in [1.29, 1.82) is 0 Å². The van der Waals surface area contributed by atoms with Gasteiger partial charge in [-0.25, -0.2) is 9.78 Å². The molecule has 0 aliphatic heterocycles. The number of aryl methyl sites for hydroxylation is 2. The van der Waals surface area contributed by atoms with Gasteiger partial charge >= 0.3 is 5.97 Å². The van der Waals surface area contributed by atoms with Crippen LogP contribution < -0.4 is 5.56 Å². The van der Waals surface area contributed by atoms with Gasteiger partial charge in [-0.1, -0.05) is 6.07 Å². The fraction of sp³-hybridized carbons (Fsp3) is 0.250. The number of nitrogens with one attached hydrogen (secondary N) is 1. The second-order valence-electron chi connectivity index (χ2n) is 4.17. The Balaban J connectivity index is 2.40. The molecule has 1 aliphatic rings. The van der Waals surface area contributed by atoms with Gasteiger partial charge in [0.15, 0.2) is 0 Å². The largest absolute Gasteiger partial charge is 0.475 e. The van der Waals surface area contributed by atoms with Crippen LogP contribution in [0.15, 0.2) is 16.9 Å². The van der Waals surface area contributed by atoms with Crippen molar-refractivity contribution in [3.05, 3.63) is 39.4 Å². The number of hydrogen-bond acceptors (Lipinski definition) is 3. The Morgan fingerprint density at radius 3 is 2.94 bits per heavy atom. The van der Waals surface area contributed by atoms with Crippen LogP contribution in [0.1, 0.15) is 28.2 Å². The highest BCUT2D eigenvalue weighted by atomic mass is 16.4. The van der Waals surface area contributed by atoms with Crippen LogP contribution in [0.2, 0.25) is 0 Å². The van der Waals surface area contributed by atoms with E-state index in [0.29, 0.717) is 10.9 Å². The molecule has 0 spiro atoms. The second kappa shape index (κ2) is 3.41. The van der Waals surface area contributed by atoms with Gasteiger partial charge < -0.3 is 10.1 Å². The van der Waals surface area contributed by atoms with Gasteiger partial charge in [0, 0.05) is 0 Å². The van der Waals surface area contributed by atoms with Crippen LogP contribution in [0.4, 0.5) is 0 Å². The number of rotatable bonds is 1. The quantitative estimate of drug-likeness (QED) is 0.768. The van der Waals surface area contributed by atoms with Crippen LogP contribution in [0.25, 0.3) is 10.9 Å². The highest BCUT2D eigenvalue weighted by Crippen LogP contribution is 2.26. The van der Waals surface area contributed by atoms with Gasteiger partial charge in [0.05, 0.1) is 10.9 Å². The van der Waals surface area contributed by atoms with E-state index in [1.807, 2.05) is 6.07 Å². The monoisotopic (exact) mass is 230 g/mol. The van der Waals surface area contributed by atoms with E-state index >= 15 is 0 Å². The fourth-order valence-electron chi connectivity index (χ4n) is 2.42. The van der Waals surface area contributed by atoms with E-state index in [9.17, 15) is 9.59 Å². The zero-order valence-electron chi connectivity index (χ0n) is 8.99. The zero-order chi connectivity index (χ0) is 12.0. The number of H-pyrrole nitrogens is 1. The van der Waals surface area contributed by atoms with Crippen molar-refractivity contribution < 1.29 is 9.90 Å². The molecule has 0 radical (unpaired) electrons. The predicted molar refractivity (Wildman–Crippen MR) is 61.3 cm³/mol. The molecule has 2 N–H and O–H groups in total. The zero-order valence-corrected chi connectivity index (χ0v) is 8.99. The Morgan fingerprint density at radius 2 is 2.18 bits per heavy atom. The lowest BCUT2D eigenvalue weighted by Crippen LogP contribution is -2.16. The van der Waals surface area contributed by atoms with Gasteiger partial charge in [-0.3, -0.25) is 4.79 Å². The van der Waals surface area contributed by atoms with Crippen LogP contribution in [0, 0.1) is 0 Å². The van der Waals surface area contributed by atoms with Gasteiger partial charge in [-0.2, -0.15) is 0 Å². The van der Waals surface area contributed by atoms with E-state index in [-0.39, 0.29) is 11.4 Å². The maximum absolute atomic E-state index is 11.9. The number of nitrogens with zero attached hydrogens (tertiary/aromatic N) is 1. The molecule has 0 fully saturated rings. The minimum Gasteiger partial charge on any atom is -0.475 e. The number of fused-ring (bicyclic) bond motifs is 3. The molecular formula is C12H10N2O3. The number of hydrogen-bond donors (Lipinski definition) is 2. The average Bonchev–Trinajstić information content (AvgIpc) is 2.76. The number of aromatic amines is 1. The normalized spacial score (nSPS) is 13.9. The van der Waals surface area contributed by atoms with Gasteiger partial charge in [0.2, 0.25) is 5.82 Å². The van der Waals surface area contributed by atoms with Crippen molar-refractivity contribution in [3.8, 4) is 0 Å². The van der Waals surface area contributed by atoms with Gasteiger partial charge in [0.25, 0.3) is 5.56 Å². The molecule has 5 heteroatoms. The molecule has 5 nitrogen and oxygen atoms in total. The number of aromatic nitrogens is 2. The number of benzene rings is 1. The first-order valence-corrected chi connectivity index (χ1v) is 5.45. The molecule has 0 atom stereocenters. The summed E-state index contributed by atoms with van der Waals surface area (Å²) in [6.07, 6.45) is 2.88. The summed E-state index contributed by atoms with van der Waals surface area (Å²) in [5.41, 5.74) is 2.30. The molecule has 1 heterocycles. The van der Waals surface area contributed by atoms with Gasteiger partial charge in [0.1, 0.15) is 0 Å². The second-order valence-corrected chi connectivity index (χ2v) is 4.17. The van der Waals surface area contributed by atoms with E-state index < -0.39 is 5.97 Å². The van der Waals surface area contributed by atoms with E-state index in [1.165, 1.54) is 5.56 Å². The Hall–Kier alpha value is -2.17. The smallest absolute Gasteiger partial charge is 0.372 e. The number of carbonyl (C=O) groups is 1. The lowest BCUT2D eigenvalue weighted by atomic mass is 10.1. The summed E-state index contributed by atoms with van der Waals surface area (Å²) in [6, 6.07) is 3.66. The number of aromatic carboxylic acids is 1. The predicted octanol–water partition coefficient (Wildman–Crippen LogP) is 1.11. The molecule has 0 unspecified atom stereocenters. The first-order chi connectivity index (χ1) is 8.16. The van der Waals surface area contributed by atoms with Gasteiger partial charge in [-0.05, 0) is 36.5 Å². The summed E-state index contributed by atoms with van der Waals surface area (Å²) in [7, 11) is 0. The minimum atomic E-state index is -1.22. The van der Waals surface area contributed by atoms with Crippen molar-refractivity contribution in [2.24, 2.45) is 0 Å². The van der Waals surface area contributed by atoms with Crippen LogP contribution in [0.3, 0.4) is 0 Å². The van der Waals surface area contributed by atoms with Gasteiger partial charge in [-0.15, -0.1) is 0 Å². The van der Waals surface area contributed by atoms with Crippen molar-refractivity contribution in [3.63, 3.8) is 0 Å². The molecule has 1 aromatic heterocycles. The maximum Gasteiger partial charge on any atom is 0.372 e. The van der Waals surface area contributed by atoms with Crippen LogP contribution in [-0.2, 0) is 12.8 Å². The third kappa shape index (κ3) is 1.43. The summed E-state index contributed by atoms with van der Waals surface area (Å²) in [5, 5.41) is 9.38. The molecule has 17 heavy (non-hydrogen) atoms. The van der Waals surface area contributed by atoms with Crippen molar-refractivity contribution in [2.45, 2.75) is 19.3 Å². The Bertz CT molecular complexity index is 688. The Labute approximate surface area is 96.1 Å². The Morgan fingerprint density at radius 1 is 1.35 bits per heavy atom. The highest BCUT2D eigenvalue weighted by Gasteiger charge is 2.18. The molecule has 0 amide bonds. The van der Waals surface area contributed by atoms with E-state index in [0.717, 1.165) is 24.8 Å². The maximum atomic E-state index is 11.9. The molecule has 3 rings (SSSR count). The summed E-state index contributed by atoms with van der Waals surface area (Å²) in [5.74, 6) is -1.52. The molecule has 1 aliphatic carbocycles. The summed E-state index contributed by atoms with van der Waals surface area (Å²) in [4.78, 5) is 29.0. The fourth-order valence-corrected chi connectivity index (χ4v) is 2.42. The molecule has 1 aromatic carbocycles. The van der Waals surface area contributed by atoms with E-state index in [1.54, 1.807) is 6.07 Å². The van der Waals surface area contributed by atoms with Crippen LogP contribution >= 0.6 is 0 Å². The molecule has 0 bridgehead atoms. The number of carboxylic acid groups (broad SMARTS) is 1. The molecular weight excluding hydrogens is 220 g/mol. The number of carboxylic acids is 1. The lowest BCUT2D eigenvalue weighted by Gasteiger charge is -2.04. The molecule has 0 saturated carbocycles. The average molecular weight is 230 g/mol. The van der Waals surface area contributed by atoms with Crippen molar-refractivity contribution >= 4 is 16.9 Å². The minimum absolute atomic E-state index is 0.305. The lowest BCUT2D eigenvalue weighted by molar-refractivity contribution is 0.0683. The third-order valence-corrected chi connectivity index (χ3v) is 3.15. The molecule has 0 saturated heterocycles. The topological polar surface area (TPSA) is 83.0 Å². The summed E-state index contributed by atoms with van der Waals surface area (Å²) >= 11 is 0. The van der Waals surface area contributed by atoms with Crippen LogP contribution in [-0.4, -0.2) is 21.0 Å². The van der Waals surface area contributed by atoms with Crippen molar-refractivity contribution in [2.75, 3.05) is 0 Å². The first kappa shape index (κ1) is 10.0. The van der Waals surface area contributed by atoms with Crippen LogP contribution in [0.5, 0.6) is 0 Å². The summed E-state index contributed by atoms with van der Waals surface area (Å²) < 4.78 is 0. The highest BCUT2D eigenvalue weighted by molar-refractivity contribution is 5.89. The van der Waals surface area contributed by atoms with E-state index in [2.05, 4.69) is 9.97 Å². The molecule has 86 valence electrons. The standard InChI is InChI=1S/C12H10N2O3/c15-11-9-7-3-1-2-6(7)4-5-8(9)13-10(14-11)12(16)17/h4-5H,1-3H2,(H,16,17)(H,13,14,15). The summed E-state index contributed by atoms with van der Waals surface area (Å²) in [6.45, 7) is 0. The molecule has 2 aromatic rings. The van der Waals surface area contributed by atoms with Crippen molar-refractivity contribution in [1.82, 2.24) is 9.97 Å². The Kier molecular flexibility index (Phi) is 2.01. The SMILES string of the molecule is O=C(O)c1nc2ccc3c(c2c(=O)[nH]1)CCC3. The third-order valence-electron chi connectivity index (χ3n) is 3.15. The first-order valence-electron chi connectivity index (χ1n) is 5.45. The van der Waals surface area contributed by atoms with E-state index in [4.69, 9.17) is 5.11 Å².